The predicted octanol–water partition coefficient (Wildman–Crippen LogP) is 2.97. The molecule has 0 aliphatic rings. The van der Waals surface area contributed by atoms with Gasteiger partial charge in [-0.1, -0.05) is 35.5 Å². The van der Waals surface area contributed by atoms with Gasteiger partial charge in [-0.15, -0.1) is 5.10 Å². The van der Waals surface area contributed by atoms with Crippen LogP contribution in [0.4, 0.5) is 5.95 Å². The Morgan fingerprint density at radius 3 is 2.82 bits per heavy atom. The van der Waals surface area contributed by atoms with E-state index in [2.05, 4.69) is 15.1 Å². The van der Waals surface area contributed by atoms with Gasteiger partial charge in [0.2, 0.25) is 0 Å². The van der Waals surface area contributed by atoms with Crippen LogP contribution in [-0.4, -0.2) is 39.8 Å². The van der Waals surface area contributed by atoms with E-state index in [4.69, 9.17) is 16.3 Å². The topological polar surface area (TPSA) is 69.4 Å². The number of benzene rings is 1. The average molecular weight is 339 g/mol. The smallest absolute Gasteiger partial charge is 0.327 e. The van der Waals surface area contributed by atoms with Crippen LogP contribution in [0.5, 0.6) is 0 Å². The summed E-state index contributed by atoms with van der Waals surface area (Å²) in [6, 6.07) is 7.25. The van der Waals surface area contributed by atoms with Crippen molar-refractivity contribution in [3.63, 3.8) is 0 Å². The predicted molar refractivity (Wildman–Crippen MR) is 87.1 cm³/mol. The van der Waals surface area contributed by atoms with Gasteiger partial charge in [-0.3, -0.25) is 4.79 Å². The van der Waals surface area contributed by atoms with Gasteiger partial charge >= 0.3 is 5.97 Å². The Hall–Kier alpha value is -1.86. The lowest BCUT2D eigenvalue weighted by molar-refractivity contribution is -0.144. The Morgan fingerprint density at radius 2 is 2.18 bits per heavy atom. The standard InChI is InChI=1S/C14H15ClN4O2S/c1-3-21-12(20)9-19-14(22-2)17-13(18-19)16-8-10-4-6-11(15)7-5-10/h4-8H,3,9H2,1-2H3/b16-8-. The highest BCUT2D eigenvalue weighted by molar-refractivity contribution is 7.98. The Labute approximate surface area is 137 Å². The van der Waals surface area contributed by atoms with Crippen molar-refractivity contribution < 1.29 is 9.53 Å². The van der Waals surface area contributed by atoms with Crippen LogP contribution in [0.3, 0.4) is 0 Å². The summed E-state index contributed by atoms with van der Waals surface area (Å²) in [6.45, 7) is 2.12. The van der Waals surface area contributed by atoms with Gasteiger partial charge in [0, 0.05) is 11.2 Å². The van der Waals surface area contributed by atoms with Crippen molar-refractivity contribution in [3.8, 4) is 0 Å². The summed E-state index contributed by atoms with van der Waals surface area (Å²) in [6.07, 6.45) is 3.50. The molecule has 1 aromatic carbocycles. The molecule has 0 fully saturated rings. The van der Waals surface area contributed by atoms with Crippen molar-refractivity contribution in [3.05, 3.63) is 34.9 Å². The first-order valence-corrected chi connectivity index (χ1v) is 8.16. The van der Waals surface area contributed by atoms with Crippen LogP contribution in [0.2, 0.25) is 5.02 Å². The Morgan fingerprint density at radius 1 is 1.45 bits per heavy atom. The molecule has 0 amide bonds. The number of hydrogen-bond donors (Lipinski definition) is 0. The molecule has 0 bridgehead atoms. The lowest BCUT2D eigenvalue weighted by atomic mass is 10.2. The third-order valence-electron chi connectivity index (χ3n) is 2.59. The summed E-state index contributed by atoms with van der Waals surface area (Å²) in [4.78, 5) is 20.0. The maximum absolute atomic E-state index is 11.5. The largest absolute Gasteiger partial charge is 0.465 e. The number of carbonyl (C=O) groups is 1. The van der Waals surface area contributed by atoms with E-state index in [-0.39, 0.29) is 12.5 Å². The number of nitrogens with zero attached hydrogens (tertiary/aromatic N) is 4. The van der Waals surface area contributed by atoms with Crippen molar-refractivity contribution >= 4 is 41.5 Å². The molecule has 0 radical (unpaired) electrons. The van der Waals surface area contributed by atoms with Gasteiger partial charge < -0.3 is 4.74 Å². The second-order valence-electron chi connectivity index (χ2n) is 4.17. The first-order valence-electron chi connectivity index (χ1n) is 6.56. The molecule has 0 aliphatic heterocycles. The fourth-order valence-electron chi connectivity index (χ4n) is 1.64. The summed E-state index contributed by atoms with van der Waals surface area (Å²) in [5.74, 6) is -0.0560. The number of thioether (sulfide) groups is 1. The molecule has 1 aromatic heterocycles. The van der Waals surface area contributed by atoms with E-state index in [9.17, 15) is 4.79 Å². The summed E-state index contributed by atoms with van der Waals surface area (Å²) in [7, 11) is 0. The quantitative estimate of drug-likeness (QED) is 0.460. The molecule has 0 saturated heterocycles. The number of hydrogen-bond acceptors (Lipinski definition) is 6. The van der Waals surface area contributed by atoms with E-state index in [1.165, 1.54) is 16.4 Å². The Bertz CT molecular complexity index is 670. The number of halogens is 1. The molecule has 0 N–H and O–H groups in total. The lowest BCUT2D eigenvalue weighted by Crippen LogP contribution is -2.15. The molecule has 6 nitrogen and oxygen atoms in total. The second-order valence-corrected chi connectivity index (χ2v) is 5.38. The fourth-order valence-corrected chi connectivity index (χ4v) is 2.25. The van der Waals surface area contributed by atoms with E-state index in [0.717, 1.165) is 5.56 Å². The number of esters is 1. The fraction of sp³-hybridized carbons (Fsp3) is 0.286. The highest BCUT2D eigenvalue weighted by atomic mass is 35.5. The molecule has 8 heteroatoms. The average Bonchev–Trinajstić information content (AvgIpc) is 2.89. The van der Waals surface area contributed by atoms with E-state index in [1.54, 1.807) is 25.3 Å². The zero-order valence-corrected chi connectivity index (χ0v) is 13.8. The zero-order chi connectivity index (χ0) is 15.9. The molecule has 0 atom stereocenters. The SMILES string of the molecule is CCOC(=O)Cn1nc(/N=C\c2ccc(Cl)cc2)nc1SC. The van der Waals surface area contributed by atoms with Gasteiger partial charge in [-0.2, -0.15) is 4.98 Å². The third kappa shape index (κ3) is 4.57. The van der Waals surface area contributed by atoms with Crippen LogP contribution < -0.4 is 0 Å². The van der Waals surface area contributed by atoms with Crippen LogP contribution in [0.1, 0.15) is 12.5 Å². The first kappa shape index (κ1) is 16.5. The molecular weight excluding hydrogens is 324 g/mol. The van der Waals surface area contributed by atoms with Crippen molar-refractivity contribution in [2.75, 3.05) is 12.9 Å². The van der Waals surface area contributed by atoms with Crippen LogP contribution >= 0.6 is 23.4 Å². The number of carbonyl (C=O) groups excluding carboxylic acids is 1. The van der Waals surface area contributed by atoms with Crippen LogP contribution in [0.25, 0.3) is 0 Å². The summed E-state index contributed by atoms with van der Waals surface area (Å²) in [5, 5.41) is 5.47. The van der Waals surface area contributed by atoms with Gasteiger partial charge in [0.05, 0.1) is 6.61 Å². The van der Waals surface area contributed by atoms with Crippen LogP contribution in [-0.2, 0) is 16.1 Å². The van der Waals surface area contributed by atoms with E-state index >= 15 is 0 Å². The molecule has 2 aromatic rings. The minimum absolute atomic E-state index is 0.0213. The van der Waals surface area contributed by atoms with Gasteiger partial charge in [0.25, 0.3) is 5.95 Å². The van der Waals surface area contributed by atoms with Gasteiger partial charge in [0.15, 0.2) is 5.16 Å². The molecule has 1 heterocycles. The minimum Gasteiger partial charge on any atom is -0.465 e. The van der Waals surface area contributed by atoms with E-state index < -0.39 is 0 Å². The Balaban J connectivity index is 2.13. The van der Waals surface area contributed by atoms with Crippen molar-refractivity contribution in [2.45, 2.75) is 18.6 Å². The number of aliphatic imine (C=N–C) groups is 1. The van der Waals surface area contributed by atoms with Crippen molar-refractivity contribution in [1.29, 1.82) is 0 Å². The maximum atomic E-state index is 11.5. The maximum Gasteiger partial charge on any atom is 0.327 e. The number of ether oxygens (including phenoxy) is 1. The summed E-state index contributed by atoms with van der Waals surface area (Å²) in [5.41, 5.74) is 0.886. The number of aromatic nitrogens is 3. The Kier molecular flexibility index (Phi) is 5.97. The monoisotopic (exact) mass is 338 g/mol. The number of rotatable bonds is 6. The molecule has 2 rings (SSSR count). The molecule has 0 spiro atoms. The van der Waals surface area contributed by atoms with Gasteiger partial charge in [-0.05, 0) is 30.9 Å². The highest BCUT2D eigenvalue weighted by Gasteiger charge is 2.12. The second kappa shape index (κ2) is 7.95. The first-order chi connectivity index (χ1) is 10.6. The van der Waals surface area contributed by atoms with Gasteiger partial charge in [-0.25, -0.2) is 9.67 Å². The molecular formula is C14H15ClN4O2S. The van der Waals surface area contributed by atoms with E-state index in [0.29, 0.717) is 22.7 Å². The van der Waals surface area contributed by atoms with E-state index in [1.807, 2.05) is 18.4 Å². The lowest BCUT2D eigenvalue weighted by Gasteiger charge is -2.02. The molecule has 116 valence electrons. The summed E-state index contributed by atoms with van der Waals surface area (Å²) >= 11 is 7.22. The van der Waals surface area contributed by atoms with Crippen molar-refractivity contribution in [2.24, 2.45) is 4.99 Å². The molecule has 22 heavy (non-hydrogen) atoms. The van der Waals surface area contributed by atoms with Crippen LogP contribution in [0, 0.1) is 0 Å². The zero-order valence-electron chi connectivity index (χ0n) is 12.2. The molecule has 0 unspecified atom stereocenters. The van der Waals surface area contributed by atoms with Crippen LogP contribution in [0.15, 0.2) is 34.4 Å². The van der Waals surface area contributed by atoms with Gasteiger partial charge in [0.1, 0.15) is 6.54 Å². The molecule has 0 aliphatic carbocycles. The third-order valence-corrected chi connectivity index (χ3v) is 3.51. The molecule has 0 saturated carbocycles. The van der Waals surface area contributed by atoms with Crippen molar-refractivity contribution in [1.82, 2.24) is 14.8 Å². The normalized spacial score (nSPS) is 11.0. The minimum atomic E-state index is -0.351. The highest BCUT2D eigenvalue weighted by Crippen LogP contribution is 2.16. The summed E-state index contributed by atoms with van der Waals surface area (Å²) < 4.78 is 6.39.